The van der Waals surface area contributed by atoms with Gasteiger partial charge in [0.2, 0.25) is 0 Å². The Morgan fingerprint density at radius 2 is 1.60 bits per heavy atom. The van der Waals surface area contributed by atoms with Crippen LogP contribution < -0.4 is 0 Å². The summed E-state index contributed by atoms with van der Waals surface area (Å²) in [5.74, 6) is 2.90. The quantitative estimate of drug-likeness (QED) is 0.293. The summed E-state index contributed by atoms with van der Waals surface area (Å²) in [5, 5.41) is 9.65. The van der Waals surface area contributed by atoms with Crippen molar-refractivity contribution >= 4 is 0 Å². The Balaban J connectivity index is 1.65. The van der Waals surface area contributed by atoms with Gasteiger partial charge in [-0.2, -0.15) is 5.26 Å². The van der Waals surface area contributed by atoms with Gasteiger partial charge >= 0.3 is 0 Å². The molecule has 0 heterocycles. The van der Waals surface area contributed by atoms with Gasteiger partial charge in [0.05, 0.1) is 11.5 Å². The fourth-order valence-corrected chi connectivity index (χ4v) is 5.45. The molecule has 2 fully saturated rings. The number of allylic oxidation sites excluding steroid dienone is 1. The second kappa shape index (κ2) is 11.1. The molecule has 2 saturated carbocycles. The molecule has 0 unspecified atom stereocenters. The second-order valence-corrected chi connectivity index (χ2v) is 9.04. The lowest BCUT2D eigenvalue weighted by Gasteiger charge is -2.40. The molecule has 0 N–H and O–H groups in total. The van der Waals surface area contributed by atoms with Crippen molar-refractivity contribution in [3.63, 3.8) is 0 Å². The summed E-state index contributed by atoms with van der Waals surface area (Å²) >= 11 is 0. The van der Waals surface area contributed by atoms with Gasteiger partial charge in [-0.05, 0) is 69.1 Å². The van der Waals surface area contributed by atoms with E-state index in [0.717, 1.165) is 43.4 Å². The molecule has 0 saturated heterocycles. The largest absolute Gasteiger partial charge is 0.198 e. The molecular weight excluding hydrogens is 302 g/mol. The Morgan fingerprint density at radius 1 is 0.960 bits per heavy atom. The molecule has 0 aromatic carbocycles. The van der Waals surface area contributed by atoms with Crippen molar-refractivity contribution in [1.82, 2.24) is 0 Å². The SMILES string of the molecule is C=CCCC1(C#N)CCC(C2CCC(CCCCCCC)CC2)CC1. The highest BCUT2D eigenvalue weighted by Gasteiger charge is 2.38. The maximum absolute atomic E-state index is 9.65. The molecule has 0 radical (unpaired) electrons. The highest BCUT2D eigenvalue weighted by atomic mass is 14.4. The minimum Gasteiger partial charge on any atom is -0.198 e. The first-order valence-corrected chi connectivity index (χ1v) is 11.2. The molecule has 25 heavy (non-hydrogen) atoms. The van der Waals surface area contributed by atoms with Crippen LogP contribution in [0.25, 0.3) is 0 Å². The van der Waals surface area contributed by atoms with E-state index < -0.39 is 0 Å². The summed E-state index contributed by atoms with van der Waals surface area (Å²) in [6.45, 7) is 6.13. The summed E-state index contributed by atoms with van der Waals surface area (Å²) in [4.78, 5) is 0. The maximum Gasteiger partial charge on any atom is 0.0689 e. The molecule has 0 amide bonds. The Bertz CT molecular complexity index is 402. The number of hydrogen-bond donors (Lipinski definition) is 0. The molecule has 2 aliphatic carbocycles. The Labute approximate surface area is 157 Å². The van der Waals surface area contributed by atoms with Gasteiger partial charge in [0.25, 0.3) is 0 Å². The molecule has 1 heteroatoms. The molecular formula is C24H41N. The van der Waals surface area contributed by atoms with E-state index in [1.54, 1.807) is 0 Å². The average Bonchev–Trinajstić information content (AvgIpc) is 2.67. The molecule has 1 nitrogen and oxygen atoms in total. The third-order valence-corrected chi connectivity index (χ3v) is 7.33. The number of nitriles is 1. The lowest BCUT2D eigenvalue weighted by atomic mass is 9.63. The molecule has 0 aromatic rings. The average molecular weight is 344 g/mol. The standard InChI is InChI=1S/C24H41N/c1-3-5-7-8-9-10-21-11-13-22(14-12-21)23-15-18-24(20-25,19-16-23)17-6-4-2/h4,21-23H,2-3,5-19H2,1H3. The predicted octanol–water partition coefficient (Wildman–Crippen LogP) is 7.82. The first-order valence-electron chi connectivity index (χ1n) is 11.2. The van der Waals surface area contributed by atoms with Gasteiger partial charge in [-0.3, -0.25) is 0 Å². The highest BCUT2D eigenvalue weighted by molar-refractivity contribution is 5.03. The fourth-order valence-electron chi connectivity index (χ4n) is 5.45. The number of unbranched alkanes of at least 4 members (excludes halogenated alkanes) is 4. The lowest BCUT2D eigenvalue weighted by Crippen LogP contribution is -2.31. The van der Waals surface area contributed by atoms with Crippen molar-refractivity contribution in [2.45, 2.75) is 110 Å². The Kier molecular flexibility index (Phi) is 9.08. The third-order valence-electron chi connectivity index (χ3n) is 7.33. The van der Waals surface area contributed by atoms with Gasteiger partial charge in [-0.25, -0.2) is 0 Å². The fraction of sp³-hybridized carbons (Fsp3) is 0.875. The summed E-state index contributed by atoms with van der Waals surface area (Å²) in [6.07, 6.45) is 23.4. The van der Waals surface area contributed by atoms with E-state index in [1.165, 1.54) is 77.0 Å². The van der Waals surface area contributed by atoms with Crippen LogP contribution in [0.4, 0.5) is 0 Å². The van der Waals surface area contributed by atoms with Crippen molar-refractivity contribution in [2.75, 3.05) is 0 Å². The van der Waals surface area contributed by atoms with E-state index >= 15 is 0 Å². The first-order chi connectivity index (χ1) is 12.2. The minimum absolute atomic E-state index is 0.0274. The zero-order chi connectivity index (χ0) is 18.0. The van der Waals surface area contributed by atoms with E-state index in [1.807, 2.05) is 6.08 Å². The summed E-state index contributed by atoms with van der Waals surface area (Å²) in [5.41, 5.74) is -0.0274. The molecule has 0 aliphatic heterocycles. The van der Waals surface area contributed by atoms with E-state index in [4.69, 9.17) is 0 Å². The van der Waals surface area contributed by atoms with E-state index in [2.05, 4.69) is 19.6 Å². The zero-order valence-corrected chi connectivity index (χ0v) is 16.8. The minimum atomic E-state index is -0.0274. The van der Waals surface area contributed by atoms with Crippen LogP contribution in [0.1, 0.15) is 110 Å². The molecule has 2 aliphatic rings. The van der Waals surface area contributed by atoms with Crippen molar-refractivity contribution < 1.29 is 0 Å². The summed E-state index contributed by atoms with van der Waals surface area (Å²) in [7, 11) is 0. The van der Waals surface area contributed by atoms with Gasteiger partial charge in [0.1, 0.15) is 0 Å². The molecule has 0 aromatic heterocycles. The Morgan fingerprint density at radius 3 is 2.20 bits per heavy atom. The molecule has 0 atom stereocenters. The van der Waals surface area contributed by atoms with E-state index in [9.17, 15) is 5.26 Å². The van der Waals surface area contributed by atoms with Crippen molar-refractivity contribution in [3.05, 3.63) is 12.7 Å². The van der Waals surface area contributed by atoms with Gasteiger partial charge in [0, 0.05) is 0 Å². The zero-order valence-electron chi connectivity index (χ0n) is 16.8. The lowest BCUT2D eigenvalue weighted by molar-refractivity contribution is 0.116. The van der Waals surface area contributed by atoms with Gasteiger partial charge < -0.3 is 0 Å². The highest BCUT2D eigenvalue weighted by Crippen LogP contribution is 2.47. The first kappa shape index (κ1) is 20.5. The summed E-state index contributed by atoms with van der Waals surface area (Å²) in [6, 6.07) is 2.67. The topological polar surface area (TPSA) is 23.8 Å². The van der Waals surface area contributed by atoms with Gasteiger partial charge in [0.15, 0.2) is 0 Å². The molecule has 142 valence electrons. The molecule has 0 spiro atoms. The van der Waals surface area contributed by atoms with Crippen molar-refractivity contribution in [2.24, 2.45) is 23.2 Å². The van der Waals surface area contributed by atoms with E-state index in [0.29, 0.717) is 0 Å². The molecule has 2 rings (SSSR count). The van der Waals surface area contributed by atoms with Crippen LogP contribution in [0.15, 0.2) is 12.7 Å². The molecule has 0 bridgehead atoms. The number of rotatable bonds is 10. The third kappa shape index (κ3) is 6.47. The summed E-state index contributed by atoms with van der Waals surface area (Å²) < 4.78 is 0. The number of hydrogen-bond acceptors (Lipinski definition) is 1. The van der Waals surface area contributed by atoms with E-state index in [-0.39, 0.29) is 5.41 Å². The van der Waals surface area contributed by atoms with Crippen LogP contribution in [0.5, 0.6) is 0 Å². The van der Waals surface area contributed by atoms with Crippen molar-refractivity contribution in [1.29, 1.82) is 5.26 Å². The van der Waals surface area contributed by atoms with Crippen LogP contribution >= 0.6 is 0 Å². The van der Waals surface area contributed by atoms with Gasteiger partial charge in [-0.1, -0.05) is 64.4 Å². The maximum atomic E-state index is 9.65. The van der Waals surface area contributed by atoms with Crippen LogP contribution in [-0.2, 0) is 0 Å². The van der Waals surface area contributed by atoms with Gasteiger partial charge in [-0.15, -0.1) is 6.58 Å². The van der Waals surface area contributed by atoms with Crippen LogP contribution in [-0.4, -0.2) is 0 Å². The monoisotopic (exact) mass is 343 g/mol. The van der Waals surface area contributed by atoms with Crippen LogP contribution in [0, 0.1) is 34.5 Å². The normalized spacial score (nSPS) is 32.9. The number of nitrogens with zero attached hydrogens (tertiary/aromatic N) is 1. The predicted molar refractivity (Wildman–Crippen MR) is 108 cm³/mol. The van der Waals surface area contributed by atoms with Crippen LogP contribution in [0.3, 0.4) is 0 Å². The van der Waals surface area contributed by atoms with Crippen LogP contribution in [0.2, 0.25) is 0 Å². The second-order valence-electron chi connectivity index (χ2n) is 9.04. The van der Waals surface area contributed by atoms with Crippen molar-refractivity contribution in [3.8, 4) is 6.07 Å². The smallest absolute Gasteiger partial charge is 0.0689 e. The Hall–Kier alpha value is -0.770.